The van der Waals surface area contributed by atoms with Crippen LogP contribution in [0.15, 0.2) is 36.5 Å². The fourth-order valence-electron chi connectivity index (χ4n) is 3.17. The topological polar surface area (TPSA) is 103 Å². The number of carbonyl (C=O) groups excluding carboxylic acids is 3. The largest absolute Gasteiger partial charge is 0.452 e. The lowest BCUT2D eigenvalue weighted by molar-refractivity contribution is -0.119. The lowest BCUT2D eigenvalue weighted by atomic mass is 10.1. The molecular weight excluding hydrogens is 396 g/mol. The third-order valence-corrected chi connectivity index (χ3v) is 4.80. The van der Waals surface area contributed by atoms with Gasteiger partial charge in [0.05, 0.1) is 22.8 Å². The van der Waals surface area contributed by atoms with Crippen LogP contribution in [0.5, 0.6) is 0 Å². The molecule has 1 amide bonds. The maximum absolute atomic E-state index is 12.8. The van der Waals surface area contributed by atoms with Crippen molar-refractivity contribution in [1.82, 2.24) is 14.8 Å². The van der Waals surface area contributed by atoms with Crippen LogP contribution in [0, 0.1) is 0 Å². The van der Waals surface area contributed by atoms with Crippen molar-refractivity contribution in [1.29, 1.82) is 0 Å². The van der Waals surface area contributed by atoms with Crippen LogP contribution in [-0.2, 0) is 9.53 Å². The summed E-state index contributed by atoms with van der Waals surface area (Å²) in [6, 6.07) is 8.43. The van der Waals surface area contributed by atoms with Crippen LogP contribution >= 0.6 is 0 Å². The number of benzene rings is 1. The first-order chi connectivity index (χ1) is 14.7. The number of hydrogen-bond donors (Lipinski definition) is 1. The lowest BCUT2D eigenvalue weighted by Gasteiger charge is -2.12. The summed E-state index contributed by atoms with van der Waals surface area (Å²) in [5.41, 5.74) is 2.43. The molecule has 3 rings (SSSR count). The number of Topliss-reactive ketones (excluding diaryl/α,β-unsaturated/α-hetero) is 1. The van der Waals surface area contributed by atoms with Crippen LogP contribution in [0.1, 0.15) is 73.0 Å². The average Bonchev–Trinajstić information content (AvgIpc) is 3.15. The van der Waals surface area contributed by atoms with Crippen molar-refractivity contribution in [3.63, 3.8) is 0 Å². The molecule has 0 radical (unpaired) electrons. The fraction of sp³-hybridized carbons (Fsp3) is 0.348. The number of rotatable bonds is 7. The summed E-state index contributed by atoms with van der Waals surface area (Å²) >= 11 is 0. The summed E-state index contributed by atoms with van der Waals surface area (Å²) < 4.78 is 7.03. The summed E-state index contributed by atoms with van der Waals surface area (Å²) in [7, 11) is 0. The Bertz CT molecular complexity index is 1150. The van der Waals surface area contributed by atoms with Gasteiger partial charge in [-0.15, -0.1) is 0 Å². The summed E-state index contributed by atoms with van der Waals surface area (Å²) in [6.07, 6.45) is 1.59. The number of pyridine rings is 1. The van der Waals surface area contributed by atoms with Crippen LogP contribution in [0.4, 0.5) is 5.69 Å². The Hall–Kier alpha value is -3.55. The van der Waals surface area contributed by atoms with Crippen LogP contribution in [0.25, 0.3) is 11.0 Å². The average molecular weight is 422 g/mol. The van der Waals surface area contributed by atoms with Crippen LogP contribution in [-0.4, -0.2) is 39.0 Å². The molecule has 8 nitrogen and oxygen atoms in total. The number of fused-ring (bicyclic) bond motifs is 1. The number of para-hydroxylation sites is 1. The van der Waals surface area contributed by atoms with Crippen molar-refractivity contribution in [2.24, 2.45) is 0 Å². The number of esters is 1. The Morgan fingerprint density at radius 3 is 2.45 bits per heavy atom. The van der Waals surface area contributed by atoms with Gasteiger partial charge in [0.2, 0.25) is 0 Å². The zero-order valence-electron chi connectivity index (χ0n) is 18.3. The molecule has 0 saturated carbocycles. The van der Waals surface area contributed by atoms with E-state index in [2.05, 4.69) is 15.4 Å². The standard InChI is InChI=1S/C23H26N4O4/c1-13(2)20-10-17(18-11-24-27(14(3)4)22(18)26-20)23(30)31-12-21(29)25-19-9-7-6-8-16(19)15(5)28/h6-11,13-14H,12H2,1-5H3,(H,25,29). The number of anilines is 1. The van der Waals surface area contributed by atoms with E-state index in [1.165, 1.54) is 6.92 Å². The first kappa shape index (κ1) is 22.1. The van der Waals surface area contributed by atoms with Gasteiger partial charge in [-0.25, -0.2) is 14.5 Å². The molecule has 31 heavy (non-hydrogen) atoms. The zero-order valence-corrected chi connectivity index (χ0v) is 18.3. The second kappa shape index (κ2) is 9.07. The Balaban J connectivity index is 1.81. The van der Waals surface area contributed by atoms with E-state index in [-0.39, 0.29) is 17.7 Å². The Morgan fingerprint density at radius 1 is 1.10 bits per heavy atom. The van der Waals surface area contributed by atoms with E-state index in [0.29, 0.717) is 27.8 Å². The van der Waals surface area contributed by atoms with E-state index in [0.717, 1.165) is 5.69 Å². The predicted octanol–water partition coefficient (Wildman–Crippen LogP) is 4.13. The van der Waals surface area contributed by atoms with Gasteiger partial charge in [0.15, 0.2) is 18.0 Å². The molecule has 0 fully saturated rings. The van der Waals surface area contributed by atoms with Gasteiger partial charge in [0.25, 0.3) is 5.91 Å². The number of carbonyl (C=O) groups is 3. The second-order valence-electron chi connectivity index (χ2n) is 7.90. The van der Waals surface area contributed by atoms with Gasteiger partial charge in [-0.05, 0) is 44.9 Å². The molecule has 0 saturated heterocycles. The number of ketones is 1. The van der Waals surface area contributed by atoms with Crippen molar-refractivity contribution in [3.8, 4) is 0 Å². The quantitative estimate of drug-likeness (QED) is 0.453. The first-order valence-electron chi connectivity index (χ1n) is 10.1. The molecule has 2 aromatic heterocycles. The van der Waals surface area contributed by atoms with Crippen LogP contribution in [0.2, 0.25) is 0 Å². The number of hydrogen-bond acceptors (Lipinski definition) is 6. The summed E-state index contributed by atoms with van der Waals surface area (Å²) in [4.78, 5) is 41.5. The van der Waals surface area contributed by atoms with E-state index in [4.69, 9.17) is 4.74 Å². The van der Waals surface area contributed by atoms with Crippen molar-refractivity contribution in [2.75, 3.05) is 11.9 Å². The number of amides is 1. The van der Waals surface area contributed by atoms with Gasteiger partial charge in [0.1, 0.15) is 0 Å². The van der Waals surface area contributed by atoms with Crippen LogP contribution in [0.3, 0.4) is 0 Å². The normalized spacial score (nSPS) is 11.2. The molecular formula is C23H26N4O4. The van der Waals surface area contributed by atoms with Gasteiger partial charge in [-0.2, -0.15) is 5.10 Å². The molecule has 0 bridgehead atoms. The summed E-state index contributed by atoms with van der Waals surface area (Å²) in [6.45, 7) is 8.88. The highest BCUT2D eigenvalue weighted by Crippen LogP contribution is 2.25. The summed E-state index contributed by atoms with van der Waals surface area (Å²) in [5, 5.41) is 7.54. The molecule has 0 atom stereocenters. The maximum atomic E-state index is 12.8. The van der Waals surface area contributed by atoms with Crippen LogP contribution < -0.4 is 5.32 Å². The molecule has 0 spiro atoms. The maximum Gasteiger partial charge on any atom is 0.339 e. The van der Waals surface area contributed by atoms with E-state index >= 15 is 0 Å². The summed E-state index contributed by atoms with van der Waals surface area (Å²) in [5.74, 6) is -1.24. The van der Waals surface area contributed by atoms with Crippen molar-refractivity contribution >= 4 is 34.4 Å². The molecule has 0 unspecified atom stereocenters. The second-order valence-corrected chi connectivity index (χ2v) is 7.90. The molecule has 162 valence electrons. The Labute approximate surface area is 180 Å². The monoisotopic (exact) mass is 422 g/mol. The zero-order chi connectivity index (χ0) is 22.7. The SMILES string of the molecule is CC(=O)c1ccccc1NC(=O)COC(=O)c1cc(C(C)C)nc2c1cnn2C(C)C. The Kier molecular flexibility index (Phi) is 6.48. The van der Waals surface area contributed by atoms with Crippen molar-refractivity contribution < 1.29 is 19.1 Å². The first-order valence-corrected chi connectivity index (χ1v) is 10.1. The minimum atomic E-state index is -0.632. The third kappa shape index (κ3) is 4.79. The highest BCUT2D eigenvalue weighted by Gasteiger charge is 2.21. The molecule has 1 aromatic carbocycles. The molecule has 0 aliphatic heterocycles. The van der Waals surface area contributed by atoms with Crippen molar-refractivity contribution in [2.45, 2.75) is 46.6 Å². The van der Waals surface area contributed by atoms with E-state index in [1.807, 2.05) is 27.7 Å². The predicted molar refractivity (Wildman–Crippen MR) is 117 cm³/mol. The fourth-order valence-corrected chi connectivity index (χ4v) is 3.17. The van der Waals surface area contributed by atoms with Gasteiger partial charge >= 0.3 is 5.97 Å². The molecule has 8 heteroatoms. The van der Waals surface area contributed by atoms with Gasteiger partial charge in [0, 0.05) is 17.3 Å². The molecule has 2 heterocycles. The van der Waals surface area contributed by atoms with Gasteiger partial charge in [-0.1, -0.05) is 26.0 Å². The number of nitrogens with one attached hydrogen (secondary N) is 1. The third-order valence-electron chi connectivity index (χ3n) is 4.80. The van der Waals surface area contributed by atoms with E-state index in [9.17, 15) is 14.4 Å². The molecule has 0 aliphatic carbocycles. The molecule has 0 aliphatic rings. The minimum absolute atomic E-state index is 0.0726. The smallest absolute Gasteiger partial charge is 0.339 e. The lowest BCUT2D eigenvalue weighted by Crippen LogP contribution is -2.22. The minimum Gasteiger partial charge on any atom is -0.452 e. The van der Waals surface area contributed by atoms with E-state index < -0.39 is 18.5 Å². The molecule has 3 aromatic rings. The van der Waals surface area contributed by atoms with Gasteiger partial charge in [-0.3, -0.25) is 9.59 Å². The molecule has 1 N–H and O–H groups in total. The Morgan fingerprint density at radius 2 is 1.81 bits per heavy atom. The van der Waals surface area contributed by atoms with Crippen molar-refractivity contribution in [3.05, 3.63) is 53.3 Å². The highest BCUT2D eigenvalue weighted by atomic mass is 16.5. The number of aromatic nitrogens is 3. The number of ether oxygens (including phenoxy) is 1. The highest BCUT2D eigenvalue weighted by molar-refractivity contribution is 6.06. The number of nitrogens with zero attached hydrogens (tertiary/aromatic N) is 3. The van der Waals surface area contributed by atoms with Gasteiger partial charge < -0.3 is 10.1 Å². The van der Waals surface area contributed by atoms with E-state index in [1.54, 1.807) is 41.2 Å².